The lowest BCUT2D eigenvalue weighted by molar-refractivity contribution is 0.272. The fourth-order valence-electron chi connectivity index (χ4n) is 1.55. The summed E-state index contributed by atoms with van der Waals surface area (Å²) in [4.78, 5) is 8.15. The lowest BCUT2D eigenvalue weighted by Gasteiger charge is -2.11. The molecule has 0 saturated heterocycles. The van der Waals surface area contributed by atoms with Crippen molar-refractivity contribution in [1.82, 2.24) is 9.97 Å². The third-order valence-corrected chi connectivity index (χ3v) is 3.03. The second-order valence-electron chi connectivity index (χ2n) is 3.73. The van der Waals surface area contributed by atoms with Crippen LogP contribution in [0.5, 0.6) is 11.6 Å². The number of anilines is 1. The number of ether oxygens (including phenoxy) is 2. The second kappa shape index (κ2) is 6.38. The Morgan fingerprint density at radius 3 is 2.58 bits per heavy atom. The molecule has 5 nitrogen and oxygen atoms in total. The standard InChI is InChI=1S/C13H14BrN3O2/c1-15-12-11(18-2)13(17-8-16-12)19-7-9-3-5-10(14)6-4-9/h3-6,8H,7H2,1-2H3,(H,15,16,17). The summed E-state index contributed by atoms with van der Waals surface area (Å²) in [5.41, 5.74) is 1.05. The number of hydrogen-bond donors (Lipinski definition) is 1. The molecule has 1 heterocycles. The maximum Gasteiger partial charge on any atom is 0.262 e. The molecule has 0 aliphatic heterocycles. The molecule has 2 rings (SSSR count). The molecule has 0 amide bonds. The summed E-state index contributed by atoms with van der Waals surface area (Å²) in [6.07, 6.45) is 1.44. The molecule has 0 spiro atoms. The first-order chi connectivity index (χ1) is 9.24. The van der Waals surface area contributed by atoms with Gasteiger partial charge in [-0.25, -0.2) is 4.98 Å². The molecule has 1 aromatic heterocycles. The minimum absolute atomic E-state index is 0.420. The van der Waals surface area contributed by atoms with E-state index in [9.17, 15) is 0 Å². The van der Waals surface area contributed by atoms with Gasteiger partial charge in [0.15, 0.2) is 5.82 Å². The summed E-state index contributed by atoms with van der Waals surface area (Å²) in [5, 5.41) is 2.93. The van der Waals surface area contributed by atoms with E-state index in [0.717, 1.165) is 10.0 Å². The zero-order valence-corrected chi connectivity index (χ0v) is 12.3. The van der Waals surface area contributed by atoms with E-state index < -0.39 is 0 Å². The van der Waals surface area contributed by atoms with Crippen LogP contribution in [0.15, 0.2) is 35.1 Å². The molecule has 0 fully saturated rings. The highest BCUT2D eigenvalue weighted by Crippen LogP contribution is 2.30. The van der Waals surface area contributed by atoms with Gasteiger partial charge in [0.25, 0.3) is 5.88 Å². The van der Waals surface area contributed by atoms with E-state index in [1.54, 1.807) is 14.2 Å². The Morgan fingerprint density at radius 2 is 1.95 bits per heavy atom. The van der Waals surface area contributed by atoms with Crippen molar-refractivity contribution < 1.29 is 9.47 Å². The summed E-state index contributed by atoms with van der Waals surface area (Å²) in [7, 11) is 3.33. The Balaban J connectivity index is 2.13. The largest absolute Gasteiger partial charge is 0.489 e. The van der Waals surface area contributed by atoms with Gasteiger partial charge in [-0.15, -0.1) is 0 Å². The first-order valence-corrected chi connectivity index (χ1v) is 6.48. The molecule has 1 N–H and O–H groups in total. The predicted octanol–water partition coefficient (Wildman–Crippen LogP) is 2.87. The van der Waals surface area contributed by atoms with Gasteiger partial charge in [-0.2, -0.15) is 4.98 Å². The first-order valence-electron chi connectivity index (χ1n) is 5.68. The molecule has 0 unspecified atom stereocenters. The van der Waals surface area contributed by atoms with Crippen molar-refractivity contribution in [3.8, 4) is 11.6 Å². The molecular weight excluding hydrogens is 310 g/mol. The normalized spacial score (nSPS) is 10.1. The number of nitrogens with zero attached hydrogens (tertiary/aromatic N) is 2. The zero-order chi connectivity index (χ0) is 13.7. The van der Waals surface area contributed by atoms with Crippen LogP contribution in [0.2, 0.25) is 0 Å². The molecule has 0 aliphatic carbocycles. The van der Waals surface area contributed by atoms with E-state index in [0.29, 0.717) is 24.1 Å². The lowest BCUT2D eigenvalue weighted by Crippen LogP contribution is -2.03. The molecule has 0 aliphatic rings. The average molecular weight is 324 g/mol. The van der Waals surface area contributed by atoms with Crippen LogP contribution < -0.4 is 14.8 Å². The van der Waals surface area contributed by atoms with E-state index >= 15 is 0 Å². The van der Waals surface area contributed by atoms with E-state index in [1.165, 1.54) is 6.33 Å². The molecule has 19 heavy (non-hydrogen) atoms. The van der Waals surface area contributed by atoms with Crippen LogP contribution in [0.4, 0.5) is 5.82 Å². The smallest absolute Gasteiger partial charge is 0.262 e. The SMILES string of the molecule is CNc1ncnc(OCc2ccc(Br)cc2)c1OC. The highest BCUT2D eigenvalue weighted by atomic mass is 79.9. The number of nitrogens with one attached hydrogen (secondary N) is 1. The maximum absolute atomic E-state index is 5.67. The zero-order valence-electron chi connectivity index (χ0n) is 10.7. The van der Waals surface area contributed by atoms with Crippen molar-refractivity contribution in [3.63, 3.8) is 0 Å². The molecule has 0 saturated carbocycles. The van der Waals surface area contributed by atoms with Gasteiger partial charge in [0.05, 0.1) is 7.11 Å². The number of aromatic nitrogens is 2. The molecule has 0 radical (unpaired) electrons. The minimum Gasteiger partial charge on any atom is -0.489 e. The van der Waals surface area contributed by atoms with Gasteiger partial charge in [0, 0.05) is 11.5 Å². The molecule has 100 valence electrons. The first kappa shape index (κ1) is 13.6. The van der Waals surface area contributed by atoms with E-state index in [4.69, 9.17) is 9.47 Å². The molecule has 2 aromatic rings. The Kier molecular flexibility index (Phi) is 4.57. The number of hydrogen-bond acceptors (Lipinski definition) is 5. The number of benzene rings is 1. The van der Waals surface area contributed by atoms with Crippen LogP contribution in [-0.4, -0.2) is 24.1 Å². The van der Waals surface area contributed by atoms with Crippen LogP contribution in [0.3, 0.4) is 0 Å². The van der Waals surface area contributed by atoms with Crippen LogP contribution in [0.25, 0.3) is 0 Å². The van der Waals surface area contributed by atoms with Crippen molar-refractivity contribution in [2.45, 2.75) is 6.61 Å². The van der Waals surface area contributed by atoms with Crippen molar-refractivity contribution in [1.29, 1.82) is 0 Å². The van der Waals surface area contributed by atoms with E-state index in [1.807, 2.05) is 24.3 Å². The quantitative estimate of drug-likeness (QED) is 0.916. The fourth-order valence-corrected chi connectivity index (χ4v) is 1.82. The summed E-state index contributed by atoms with van der Waals surface area (Å²) < 4.78 is 12.0. The van der Waals surface area contributed by atoms with Crippen molar-refractivity contribution in [2.75, 3.05) is 19.5 Å². The second-order valence-corrected chi connectivity index (χ2v) is 4.64. The fraction of sp³-hybridized carbons (Fsp3) is 0.231. The van der Waals surface area contributed by atoms with Gasteiger partial charge in [0.1, 0.15) is 12.9 Å². The number of methoxy groups -OCH3 is 1. The van der Waals surface area contributed by atoms with Crippen molar-refractivity contribution >= 4 is 21.7 Å². The third kappa shape index (κ3) is 3.35. The van der Waals surface area contributed by atoms with Gasteiger partial charge in [-0.3, -0.25) is 0 Å². The Labute approximate surface area is 120 Å². The maximum atomic E-state index is 5.67. The number of rotatable bonds is 5. The summed E-state index contributed by atoms with van der Waals surface area (Å²) in [5.74, 6) is 1.52. The highest BCUT2D eigenvalue weighted by molar-refractivity contribution is 9.10. The van der Waals surface area contributed by atoms with Crippen LogP contribution in [-0.2, 0) is 6.61 Å². The summed E-state index contributed by atoms with van der Waals surface area (Å²) >= 11 is 3.39. The number of halogens is 1. The summed E-state index contributed by atoms with van der Waals surface area (Å²) in [6.45, 7) is 0.420. The molecule has 1 aromatic carbocycles. The van der Waals surface area contributed by atoms with Crippen LogP contribution in [0, 0.1) is 0 Å². The van der Waals surface area contributed by atoms with Gasteiger partial charge in [-0.1, -0.05) is 28.1 Å². The molecule has 0 atom stereocenters. The Hall–Kier alpha value is -1.82. The van der Waals surface area contributed by atoms with Gasteiger partial charge < -0.3 is 14.8 Å². The van der Waals surface area contributed by atoms with Gasteiger partial charge >= 0.3 is 0 Å². The van der Waals surface area contributed by atoms with Crippen LogP contribution in [0.1, 0.15) is 5.56 Å². The molecule has 0 bridgehead atoms. The Morgan fingerprint density at radius 1 is 1.21 bits per heavy atom. The molecule has 6 heteroatoms. The third-order valence-electron chi connectivity index (χ3n) is 2.50. The minimum atomic E-state index is 0.420. The van der Waals surface area contributed by atoms with E-state index in [-0.39, 0.29) is 0 Å². The average Bonchev–Trinajstić information content (AvgIpc) is 2.46. The van der Waals surface area contributed by atoms with E-state index in [2.05, 4.69) is 31.2 Å². The van der Waals surface area contributed by atoms with Gasteiger partial charge in [0.2, 0.25) is 5.75 Å². The lowest BCUT2D eigenvalue weighted by atomic mass is 10.2. The van der Waals surface area contributed by atoms with Crippen molar-refractivity contribution in [3.05, 3.63) is 40.6 Å². The Bertz CT molecular complexity index is 546. The molecular formula is C13H14BrN3O2. The van der Waals surface area contributed by atoms with Crippen molar-refractivity contribution in [2.24, 2.45) is 0 Å². The topological polar surface area (TPSA) is 56.3 Å². The predicted molar refractivity (Wildman–Crippen MR) is 76.6 cm³/mol. The van der Waals surface area contributed by atoms with Gasteiger partial charge in [-0.05, 0) is 17.7 Å². The van der Waals surface area contributed by atoms with Crippen LogP contribution >= 0.6 is 15.9 Å². The highest BCUT2D eigenvalue weighted by Gasteiger charge is 2.12. The summed E-state index contributed by atoms with van der Waals surface area (Å²) in [6, 6.07) is 7.90. The monoisotopic (exact) mass is 323 g/mol.